The zero-order chi connectivity index (χ0) is 33.6. The van der Waals surface area contributed by atoms with Crippen LogP contribution in [0.2, 0.25) is 5.02 Å². The number of aromatic nitrogens is 1. The van der Waals surface area contributed by atoms with Crippen LogP contribution in [0.15, 0.2) is 47.5 Å². The summed E-state index contributed by atoms with van der Waals surface area (Å²) < 4.78 is 43.9. The number of hydrogen-bond donors (Lipinski definition) is 3. The summed E-state index contributed by atoms with van der Waals surface area (Å²) in [4.78, 5) is 31.6. The van der Waals surface area contributed by atoms with Crippen molar-refractivity contribution < 1.29 is 27.1 Å². The van der Waals surface area contributed by atoms with Gasteiger partial charge in [-0.3, -0.25) is 9.69 Å². The van der Waals surface area contributed by atoms with E-state index in [0.29, 0.717) is 11.6 Å². The van der Waals surface area contributed by atoms with Crippen LogP contribution in [-0.2, 0) is 16.4 Å². The summed E-state index contributed by atoms with van der Waals surface area (Å²) >= 11 is 6.11. The highest BCUT2D eigenvalue weighted by atomic mass is 35.5. The van der Waals surface area contributed by atoms with Crippen molar-refractivity contribution in [1.82, 2.24) is 15.2 Å². The maximum absolute atomic E-state index is 14.0. The minimum atomic E-state index is -3.32. The normalized spacial score (nSPS) is 14.6. The molecule has 1 aromatic heterocycles. The summed E-state index contributed by atoms with van der Waals surface area (Å²) in [6.45, 7) is 8.15. The van der Waals surface area contributed by atoms with Crippen molar-refractivity contribution in [1.29, 1.82) is 0 Å². The van der Waals surface area contributed by atoms with Crippen LogP contribution in [0.1, 0.15) is 66.1 Å². The number of primary amides is 1. The molecule has 1 saturated heterocycles. The van der Waals surface area contributed by atoms with E-state index in [-0.39, 0.29) is 45.5 Å². The number of sulfone groups is 1. The molecule has 1 fully saturated rings. The monoisotopic (exact) mass is 709 g/mol. The third-order valence-electron chi connectivity index (χ3n) is 8.23. The van der Waals surface area contributed by atoms with Crippen molar-refractivity contribution in [3.05, 3.63) is 75.7 Å². The summed E-state index contributed by atoms with van der Waals surface area (Å²) in [5.41, 5.74) is 7.47. The van der Waals surface area contributed by atoms with Crippen LogP contribution in [0.4, 0.5) is 14.9 Å². The first-order valence-corrected chi connectivity index (χ1v) is 17.5. The molecule has 1 aliphatic heterocycles. The van der Waals surface area contributed by atoms with E-state index >= 15 is 0 Å². The maximum atomic E-state index is 14.0. The van der Waals surface area contributed by atoms with Crippen LogP contribution in [0.25, 0.3) is 0 Å². The number of carbonyl (C=O) groups excluding carboxylic acids is 2. The molecule has 256 valence electrons. The largest absolute Gasteiger partial charge is 0.438 e. The Labute approximate surface area is 286 Å². The number of amides is 3. The number of ether oxygens (including phenoxy) is 1. The quantitative estimate of drug-likeness (QED) is 0.188. The molecule has 2 heterocycles. The van der Waals surface area contributed by atoms with Crippen molar-refractivity contribution >= 4 is 51.5 Å². The lowest BCUT2D eigenvalue weighted by Gasteiger charge is -2.36. The Kier molecular flexibility index (Phi) is 13.4. The number of rotatable bonds is 12. The number of carbonyl (C=O) groups is 2. The Balaban J connectivity index is 0.00000600. The van der Waals surface area contributed by atoms with E-state index in [1.165, 1.54) is 6.26 Å². The van der Waals surface area contributed by atoms with Crippen molar-refractivity contribution in [2.45, 2.75) is 70.4 Å². The molecule has 2 aromatic carbocycles. The first kappa shape index (κ1) is 38.0. The van der Waals surface area contributed by atoms with Crippen LogP contribution >= 0.6 is 24.0 Å². The Morgan fingerprint density at radius 1 is 1.15 bits per heavy atom. The number of benzene rings is 2. The lowest BCUT2D eigenvalue weighted by Crippen LogP contribution is -2.46. The van der Waals surface area contributed by atoms with E-state index in [1.54, 1.807) is 18.3 Å². The number of likely N-dealkylation sites (tertiary alicyclic amines) is 1. The third-order valence-corrected chi connectivity index (χ3v) is 9.63. The molecule has 0 bridgehead atoms. The predicted molar refractivity (Wildman–Crippen MR) is 184 cm³/mol. The van der Waals surface area contributed by atoms with E-state index < -0.39 is 27.6 Å². The van der Waals surface area contributed by atoms with Crippen LogP contribution in [0.5, 0.6) is 11.6 Å². The summed E-state index contributed by atoms with van der Waals surface area (Å²) in [6, 6.07) is 8.57. The predicted octanol–water partition coefficient (Wildman–Crippen LogP) is 6.80. The van der Waals surface area contributed by atoms with Gasteiger partial charge in [0.15, 0.2) is 9.84 Å². The minimum absolute atomic E-state index is 0. The molecule has 0 radical (unpaired) electrons. The lowest BCUT2D eigenvalue weighted by atomic mass is 9.86. The first-order chi connectivity index (χ1) is 21.7. The minimum Gasteiger partial charge on any atom is -0.438 e. The second-order valence-corrected chi connectivity index (χ2v) is 14.3. The zero-order valence-corrected chi connectivity index (χ0v) is 29.3. The highest BCUT2D eigenvalue weighted by Gasteiger charge is 2.28. The molecule has 3 amide bonds. The van der Waals surface area contributed by atoms with Gasteiger partial charge in [-0.1, -0.05) is 37.4 Å². The second-order valence-electron chi connectivity index (χ2n) is 11.9. The standard InChI is InChI=1S/C33H41ClFN5O5S.ClH/c1-5-6-7-28(38-33(42)39-29-16-25(32(36)41)27(35)17-26(29)34)23-10-12-40(13-11-23)19-22-8-9-30(37-18-22)45-31-20(2)14-24(15-21(31)3)46(4,43)44;/h8-9,14-18,23,28H,5-7,10-13,19H2,1-4H3,(H2,36,41)(H2,38,39,42);1H. The molecule has 4 N–H and O–H groups in total. The van der Waals surface area contributed by atoms with E-state index in [0.717, 1.165) is 80.6 Å². The molecule has 47 heavy (non-hydrogen) atoms. The molecule has 4 rings (SSSR count). The van der Waals surface area contributed by atoms with E-state index in [1.807, 2.05) is 26.0 Å². The van der Waals surface area contributed by atoms with Crippen molar-refractivity contribution in [3.8, 4) is 11.6 Å². The van der Waals surface area contributed by atoms with Crippen molar-refractivity contribution in [2.24, 2.45) is 11.7 Å². The maximum Gasteiger partial charge on any atom is 0.319 e. The number of anilines is 1. The number of aryl methyl sites for hydroxylation is 2. The molecular weight excluding hydrogens is 668 g/mol. The summed E-state index contributed by atoms with van der Waals surface area (Å²) in [6.07, 6.45) is 7.53. The fourth-order valence-electron chi connectivity index (χ4n) is 5.74. The van der Waals surface area contributed by atoms with Gasteiger partial charge in [-0.2, -0.15) is 0 Å². The molecule has 1 atom stereocenters. The molecule has 10 nitrogen and oxygen atoms in total. The van der Waals surface area contributed by atoms with Gasteiger partial charge in [-0.15, -0.1) is 12.4 Å². The molecular formula is C33H42Cl2FN5O5S. The van der Waals surface area contributed by atoms with Crippen LogP contribution in [0, 0.1) is 25.6 Å². The van der Waals surface area contributed by atoms with E-state index in [9.17, 15) is 22.4 Å². The van der Waals surface area contributed by atoms with Crippen molar-refractivity contribution in [3.63, 3.8) is 0 Å². The summed E-state index contributed by atoms with van der Waals surface area (Å²) in [5.74, 6) is -0.510. The number of unbranched alkanes of at least 4 members (excludes halogenated alkanes) is 1. The Hall–Kier alpha value is -3.45. The van der Waals surface area contributed by atoms with Crippen LogP contribution < -0.4 is 21.1 Å². The lowest BCUT2D eigenvalue weighted by molar-refractivity contribution is 0.0996. The Morgan fingerprint density at radius 2 is 1.81 bits per heavy atom. The van der Waals surface area contributed by atoms with Gasteiger partial charge in [0, 0.05) is 31.1 Å². The highest BCUT2D eigenvalue weighted by Crippen LogP contribution is 2.31. The van der Waals surface area contributed by atoms with Crippen molar-refractivity contribution in [2.75, 3.05) is 24.7 Å². The van der Waals surface area contributed by atoms with E-state index in [2.05, 4.69) is 27.4 Å². The number of nitrogens with two attached hydrogens (primary N) is 1. The molecule has 3 aromatic rings. The summed E-state index contributed by atoms with van der Waals surface area (Å²) in [7, 11) is -3.32. The molecule has 14 heteroatoms. The van der Waals surface area contributed by atoms with Crippen LogP contribution in [0.3, 0.4) is 0 Å². The fraction of sp³-hybridized carbons (Fsp3) is 0.424. The molecule has 0 spiro atoms. The topological polar surface area (TPSA) is 144 Å². The second kappa shape index (κ2) is 16.6. The van der Waals surface area contributed by atoms with Gasteiger partial charge in [-0.05, 0) is 93.1 Å². The fourth-order valence-corrected chi connectivity index (χ4v) is 6.72. The third kappa shape index (κ3) is 10.3. The number of piperidine rings is 1. The average molecular weight is 711 g/mol. The Morgan fingerprint density at radius 3 is 2.36 bits per heavy atom. The number of nitrogens with zero attached hydrogens (tertiary/aromatic N) is 2. The number of pyridine rings is 1. The molecule has 0 saturated carbocycles. The number of halogens is 3. The molecule has 0 aliphatic carbocycles. The first-order valence-electron chi connectivity index (χ1n) is 15.3. The molecule has 1 unspecified atom stereocenters. The SMILES string of the molecule is CCCCC(NC(=O)Nc1cc(C(N)=O)c(F)cc1Cl)C1CCN(Cc2ccc(Oc3c(C)cc(S(C)(=O)=O)cc3C)nc2)CC1.Cl. The van der Waals surface area contributed by atoms with Gasteiger partial charge in [0.2, 0.25) is 5.88 Å². The number of hydrogen-bond acceptors (Lipinski definition) is 7. The smallest absolute Gasteiger partial charge is 0.319 e. The van der Waals surface area contributed by atoms with Gasteiger partial charge in [0.25, 0.3) is 5.91 Å². The van der Waals surface area contributed by atoms with Gasteiger partial charge < -0.3 is 21.1 Å². The van der Waals surface area contributed by atoms with Gasteiger partial charge in [0.1, 0.15) is 11.6 Å². The van der Waals surface area contributed by atoms with Crippen LogP contribution in [-0.4, -0.2) is 55.6 Å². The number of urea groups is 1. The summed E-state index contributed by atoms with van der Waals surface area (Å²) in [5, 5.41) is 5.70. The van der Waals surface area contributed by atoms with Gasteiger partial charge in [0.05, 0.1) is 21.2 Å². The molecule has 1 aliphatic rings. The Bertz CT molecular complexity index is 1660. The van der Waals surface area contributed by atoms with Gasteiger partial charge >= 0.3 is 6.03 Å². The number of nitrogens with one attached hydrogen (secondary N) is 2. The zero-order valence-electron chi connectivity index (χ0n) is 26.9. The van der Waals surface area contributed by atoms with E-state index in [4.69, 9.17) is 22.1 Å². The average Bonchev–Trinajstić information content (AvgIpc) is 2.99. The highest BCUT2D eigenvalue weighted by molar-refractivity contribution is 7.90. The van der Waals surface area contributed by atoms with Gasteiger partial charge in [-0.25, -0.2) is 22.6 Å².